The van der Waals surface area contributed by atoms with Crippen molar-refractivity contribution in [1.29, 1.82) is 0 Å². The predicted octanol–water partition coefficient (Wildman–Crippen LogP) is 9.74. The zero-order valence-electron chi connectivity index (χ0n) is 35.5. The lowest BCUT2D eigenvalue weighted by molar-refractivity contribution is -0.161. The fourth-order valence-corrected chi connectivity index (χ4v) is 7.07. The Morgan fingerprint density at radius 2 is 1.17 bits per heavy atom. The second-order valence-electron chi connectivity index (χ2n) is 15.5. The third-order valence-corrected chi connectivity index (χ3v) is 10.8. The SMILES string of the molecule is CCCCC/C=C\CC1OC1C/C=C\C/C=C\CCCC(=O)OC[C@H](COP(=O)(O)OC[C@@H](O)COP(=O)(O)O)OC(=O)CCCCCCCCCCCCC(C)C. The number of phosphoric ester groups is 2. The Bertz CT molecular complexity index is 1250. The molecule has 0 aromatic heterocycles. The van der Waals surface area contributed by atoms with E-state index < -0.39 is 66.2 Å². The van der Waals surface area contributed by atoms with Crippen LogP contribution in [0.5, 0.6) is 0 Å². The van der Waals surface area contributed by atoms with Gasteiger partial charge >= 0.3 is 27.6 Å². The highest BCUT2D eigenvalue weighted by Crippen LogP contribution is 2.44. The van der Waals surface area contributed by atoms with Crippen LogP contribution in [0.2, 0.25) is 0 Å². The Kier molecular flexibility index (Phi) is 31.8. The zero-order valence-corrected chi connectivity index (χ0v) is 37.3. The molecule has 0 aliphatic carbocycles. The average molecular weight is 867 g/mol. The molecule has 1 heterocycles. The van der Waals surface area contributed by atoms with Gasteiger partial charge in [0.2, 0.25) is 0 Å². The Morgan fingerprint density at radius 1 is 0.638 bits per heavy atom. The molecule has 0 amide bonds. The molecule has 1 rings (SSSR count). The van der Waals surface area contributed by atoms with E-state index >= 15 is 0 Å². The summed E-state index contributed by atoms with van der Waals surface area (Å²) in [4.78, 5) is 52.7. The number of esters is 2. The van der Waals surface area contributed by atoms with Crippen LogP contribution in [-0.2, 0) is 46.5 Å². The largest absolute Gasteiger partial charge is 0.472 e. The number of hydrogen-bond acceptors (Lipinski definition) is 11. The normalized spacial score (nSPS) is 18.0. The van der Waals surface area contributed by atoms with E-state index in [4.69, 9.17) is 28.5 Å². The van der Waals surface area contributed by atoms with Crippen LogP contribution in [0.3, 0.4) is 0 Å². The topological polar surface area (TPSA) is 208 Å². The molecule has 0 bridgehead atoms. The molecule has 0 spiro atoms. The summed E-state index contributed by atoms with van der Waals surface area (Å²) in [5.74, 6) is -0.338. The van der Waals surface area contributed by atoms with Gasteiger partial charge in [-0.3, -0.25) is 23.2 Å². The summed E-state index contributed by atoms with van der Waals surface area (Å²) >= 11 is 0. The molecule has 5 atom stereocenters. The van der Waals surface area contributed by atoms with Gasteiger partial charge in [0, 0.05) is 12.8 Å². The molecular weight excluding hydrogens is 790 g/mol. The summed E-state index contributed by atoms with van der Waals surface area (Å²) in [5.41, 5.74) is 0. The average Bonchev–Trinajstić information content (AvgIpc) is 3.92. The van der Waals surface area contributed by atoms with Crippen LogP contribution in [0.15, 0.2) is 36.5 Å². The fraction of sp³-hybridized carbons (Fsp3) is 0.810. The fourth-order valence-electron chi connectivity index (χ4n) is 5.92. The Balaban J connectivity index is 2.39. The number of phosphoric acid groups is 2. The molecule has 4 N–H and O–H groups in total. The van der Waals surface area contributed by atoms with Crippen molar-refractivity contribution in [2.24, 2.45) is 5.92 Å². The molecule has 3 unspecified atom stereocenters. The van der Waals surface area contributed by atoms with E-state index in [2.05, 4.69) is 54.1 Å². The van der Waals surface area contributed by atoms with Gasteiger partial charge in [-0.2, -0.15) is 0 Å². The first-order valence-corrected chi connectivity index (χ1v) is 24.7. The van der Waals surface area contributed by atoms with E-state index in [1.165, 1.54) is 64.2 Å². The van der Waals surface area contributed by atoms with E-state index in [0.29, 0.717) is 31.5 Å². The summed E-state index contributed by atoms with van der Waals surface area (Å²) in [6.07, 6.45) is 31.9. The maximum atomic E-state index is 12.6. The lowest BCUT2D eigenvalue weighted by atomic mass is 10.0. The van der Waals surface area contributed by atoms with Crippen molar-refractivity contribution in [1.82, 2.24) is 0 Å². The Morgan fingerprint density at radius 3 is 1.81 bits per heavy atom. The van der Waals surface area contributed by atoms with Crippen LogP contribution in [0, 0.1) is 5.92 Å². The quantitative estimate of drug-likeness (QED) is 0.0149. The van der Waals surface area contributed by atoms with Crippen LogP contribution in [-0.4, -0.2) is 82.6 Å². The van der Waals surface area contributed by atoms with Gasteiger partial charge < -0.3 is 34.0 Å². The first-order chi connectivity index (χ1) is 27.7. The number of aliphatic hydroxyl groups is 1. The number of rotatable bonds is 39. The molecule has 0 radical (unpaired) electrons. The van der Waals surface area contributed by atoms with Crippen LogP contribution < -0.4 is 0 Å². The number of aliphatic hydroxyl groups excluding tert-OH is 1. The monoisotopic (exact) mass is 866 g/mol. The van der Waals surface area contributed by atoms with E-state index in [9.17, 15) is 28.7 Å². The van der Waals surface area contributed by atoms with Crippen molar-refractivity contribution in [3.63, 3.8) is 0 Å². The van der Waals surface area contributed by atoms with Gasteiger partial charge in [0.1, 0.15) is 12.7 Å². The van der Waals surface area contributed by atoms with Crippen molar-refractivity contribution in [3.8, 4) is 0 Å². The highest BCUT2D eigenvalue weighted by atomic mass is 31.2. The van der Waals surface area contributed by atoms with Crippen LogP contribution in [0.1, 0.15) is 162 Å². The second kappa shape index (κ2) is 34.0. The van der Waals surface area contributed by atoms with Crippen LogP contribution >= 0.6 is 15.6 Å². The highest BCUT2D eigenvalue weighted by molar-refractivity contribution is 7.47. The second-order valence-corrected chi connectivity index (χ2v) is 18.2. The lowest BCUT2D eigenvalue weighted by Gasteiger charge is -2.20. The summed E-state index contributed by atoms with van der Waals surface area (Å²) < 4.78 is 53.4. The molecule has 0 aromatic carbocycles. The molecule has 338 valence electrons. The number of hydrogen-bond donors (Lipinski definition) is 4. The summed E-state index contributed by atoms with van der Waals surface area (Å²) in [6, 6.07) is 0. The first-order valence-electron chi connectivity index (χ1n) is 21.7. The number of allylic oxidation sites excluding steroid dienone is 4. The van der Waals surface area contributed by atoms with Gasteiger partial charge in [-0.1, -0.05) is 134 Å². The van der Waals surface area contributed by atoms with Gasteiger partial charge in [0.25, 0.3) is 0 Å². The predicted molar refractivity (Wildman–Crippen MR) is 225 cm³/mol. The standard InChI is InChI=1S/C42H76O14P2/c1-4-5-6-7-18-23-28-39-40(56-39)29-24-19-14-12-16-20-25-30-41(44)51-34-38(35-54-58(49,50)53-33-37(43)32-52-57(46,47)48)55-42(45)31-26-21-15-11-9-8-10-13-17-22-27-36(2)3/h12,16,18-19,23-24,36-40,43H,4-11,13-15,17,20-22,25-35H2,1-3H3,(H,49,50)(H2,46,47,48)/b16-12-,23-18-,24-19-/t37-,38+,39?,40?/m0/s1. The highest BCUT2D eigenvalue weighted by Gasteiger charge is 2.36. The molecule has 0 saturated carbocycles. The minimum absolute atomic E-state index is 0.115. The summed E-state index contributed by atoms with van der Waals surface area (Å²) in [5, 5.41) is 9.74. The van der Waals surface area contributed by atoms with Crippen molar-refractivity contribution in [2.75, 3.05) is 26.4 Å². The molecule has 1 fully saturated rings. The third-order valence-electron chi connectivity index (χ3n) is 9.35. The number of unbranched alkanes of at least 4 members (excludes halogenated alkanes) is 13. The molecule has 1 saturated heterocycles. The van der Waals surface area contributed by atoms with Gasteiger partial charge in [-0.05, 0) is 57.3 Å². The lowest BCUT2D eigenvalue weighted by Crippen LogP contribution is -2.30. The van der Waals surface area contributed by atoms with E-state index in [1.807, 2.05) is 12.2 Å². The number of epoxide rings is 1. The van der Waals surface area contributed by atoms with E-state index in [-0.39, 0.29) is 12.8 Å². The minimum Gasteiger partial charge on any atom is -0.462 e. The number of carbonyl (C=O) groups is 2. The maximum Gasteiger partial charge on any atom is 0.472 e. The zero-order chi connectivity index (χ0) is 42.9. The minimum atomic E-state index is -4.87. The third kappa shape index (κ3) is 35.1. The first kappa shape index (κ1) is 54.3. The maximum absolute atomic E-state index is 12.6. The van der Waals surface area contributed by atoms with Gasteiger partial charge in [0.05, 0.1) is 32.0 Å². The van der Waals surface area contributed by atoms with Crippen LogP contribution in [0.25, 0.3) is 0 Å². The smallest absolute Gasteiger partial charge is 0.462 e. The molecule has 0 aromatic rings. The van der Waals surface area contributed by atoms with Gasteiger partial charge in [-0.15, -0.1) is 0 Å². The molecular formula is C42H76O14P2. The Labute approximate surface area is 348 Å². The number of ether oxygens (including phenoxy) is 3. The van der Waals surface area contributed by atoms with Crippen molar-refractivity contribution >= 4 is 27.6 Å². The molecule has 14 nitrogen and oxygen atoms in total. The Hall–Kier alpha value is -1.70. The van der Waals surface area contributed by atoms with Crippen molar-refractivity contribution in [3.05, 3.63) is 36.5 Å². The van der Waals surface area contributed by atoms with E-state index in [0.717, 1.165) is 50.9 Å². The van der Waals surface area contributed by atoms with Crippen molar-refractivity contribution < 1.29 is 66.3 Å². The molecule has 1 aliphatic rings. The number of carbonyl (C=O) groups excluding carboxylic acids is 2. The van der Waals surface area contributed by atoms with Crippen molar-refractivity contribution in [2.45, 2.75) is 186 Å². The van der Waals surface area contributed by atoms with E-state index in [1.54, 1.807) is 0 Å². The summed E-state index contributed by atoms with van der Waals surface area (Å²) in [7, 11) is -9.69. The summed E-state index contributed by atoms with van der Waals surface area (Å²) in [6.45, 7) is 3.95. The molecule has 58 heavy (non-hydrogen) atoms. The van der Waals surface area contributed by atoms with Gasteiger partial charge in [0.15, 0.2) is 6.10 Å². The molecule has 16 heteroatoms. The molecule has 1 aliphatic heterocycles. The van der Waals surface area contributed by atoms with Crippen LogP contribution in [0.4, 0.5) is 0 Å². The van der Waals surface area contributed by atoms with Gasteiger partial charge in [-0.25, -0.2) is 9.13 Å².